The molecule has 1 aromatic heterocycles. The number of hydrogen-bond donors (Lipinski definition) is 0. The fourth-order valence-electron chi connectivity index (χ4n) is 3.17. The summed E-state index contributed by atoms with van der Waals surface area (Å²) in [5.41, 5.74) is -1.15. The monoisotopic (exact) mass is 497 g/mol. The van der Waals surface area contributed by atoms with Gasteiger partial charge in [0.2, 0.25) is 12.0 Å². The van der Waals surface area contributed by atoms with E-state index in [-0.39, 0.29) is 23.8 Å². The van der Waals surface area contributed by atoms with Crippen molar-refractivity contribution in [2.45, 2.75) is 39.5 Å². The summed E-state index contributed by atoms with van der Waals surface area (Å²) in [6, 6.07) is 6.00. The van der Waals surface area contributed by atoms with Crippen LogP contribution in [0.2, 0.25) is 0 Å². The largest absolute Gasteiger partial charge is 0.474 e. The first-order valence-electron chi connectivity index (χ1n) is 10.4. The molecule has 35 heavy (non-hydrogen) atoms. The van der Waals surface area contributed by atoms with Crippen LogP contribution in [-0.2, 0) is 15.7 Å². The lowest BCUT2D eigenvalue weighted by Gasteiger charge is -2.17. The van der Waals surface area contributed by atoms with Gasteiger partial charge in [0.15, 0.2) is 17.3 Å². The molecule has 0 amide bonds. The van der Waals surface area contributed by atoms with Gasteiger partial charge in [-0.25, -0.2) is 13.8 Å². The van der Waals surface area contributed by atoms with E-state index >= 15 is 0 Å². The van der Waals surface area contributed by atoms with Crippen LogP contribution in [0.1, 0.15) is 53.9 Å². The van der Waals surface area contributed by atoms with Gasteiger partial charge < -0.3 is 13.9 Å². The molecule has 6 nitrogen and oxygen atoms in total. The molecule has 0 aliphatic rings. The van der Waals surface area contributed by atoms with E-state index < -0.39 is 59.2 Å². The Morgan fingerprint density at radius 1 is 1.09 bits per heavy atom. The third-order valence-electron chi connectivity index (χ3n) is 4.94. The van der Waals surface area contributed by atoms with E-state index in [0.29, 0.717) is 5.56 Å². The topological polar surface area (TPSA) is 78.6 Å². The van der Waals surface area contributed by atoms with Crippen molar-refractivity contribution in [2.75, 3.05) is 6.61 Å². The molecule has 0 fully saturated rings. The Hall–Kier alpha value is -3.76. The minimum Gasteiger partial charge on any atom is -0.474 e. The van der Waals surface area contributed by atoms with E-state index in [2.05, 4.69) is 4.98 Å². The second kappa shape index (κ2) is 10.2. The molecule has 3 aromatic rings. The molecule has 2 aromatic carbocycles. The highest BCUT2D eigenvalue weighted by molar-refractivity contribution is 5.95. The third-order valence-corrected chi connectivity index (χ3v) is 4.94. The Kier molecular flexibility index (Phi) is 7.57. The maximum atomic E-state index is 14.8. The quantitative estimate of drug-likeness (QED) is 0.209. The molecule has 1 atom stereocenters. The second-order valence-electron chi connectivity index (χ2n) is 7.47. The number of ether oxygens (including phenoxy) is 2. The molecule has 0 bridgehead atoms. The summed E-state index contributed by atoms with van der Waals surface area (Å²) in [5.74, 6) is -4.28. The Bertz CT molecular complexity index is 1230. The summed E-state index contributed by atoms with van der Waals surface area (Å²) in [6.45, 7) is 3.57. The van der Waals surface area contributed by atoms with Gasteiger partial charge in [0.25, 0.3) is 0 Å². The number of carbonyl (C=O) groups is 2. The lowest BCUT2D eigenvalue weighted by atomic mass is 10.1. The summed E-state index contributed by atoms with van der Waals surface area (Å²) < 4.78 is 83.5. The van der Waals surface area contributed by atoms with Gasteiger partial charge in [0.1, 0.15) is 23.9 Å². The maximum Gasteiger partial charge on any atom is 0.416 e. The number of nitrogens with zero attached hydrogens (tertiary/aromatic N) is 1. The predicted molar refractivity (Wildman–Crippen MR) is 113 cm³/mol. The number of ketones is 1. The molecule has 1 unspecified atom stereocenters. The Morgan fingerprint density at radius 3 is 2.31 bits per heavy atom. The lowest BCUT2D eigenvalue weighted by Crippen LogP contribution is -2.19. The van der Waals surface area contributed by atoms with Gasteiger partial charge in [-0.05, 0) is 38.1 Å². The Labute approximate surface area is 196 Å². The number of carbonyl (C=O) groups excluding carboxylic acids is 2. The Morgan fingerprint density at radius 2 is 1.74 bits per heavy atom. The van der Waals surface area contributed by atoms with Crippen molar-refractivity contribution in [3.05, 3.63) is 70.8 Å². The van der Waals surface area contributed by atoms with Crippen molar-refractivity contribution in [3.63, 3.8) is 0 Å². The fraction of sp³-hybridized carbons (Fsp3) is 0.292. The number of oxazole rings is 1. The van der Waals surface area contributed by atoms with Crippen LogP contribution < -0.4 is 4.74 Å². The maximum absolute atomic E-state index is 14.8. The van der Waals surface area contributed by atoms with E-state index in [1.54, 1.807) is 6.92 Å². The summed E-state index contributed by atoms with van der Waals surface area (Å²) >= 11 is 0. The molecule has 0 aliphatic carbocycles. The van der Waals surface area contributed by atoms with Crippen molar-refractivity contribution < 1.29 is 45.4 Å². The third kappa shape index (κ3) is 5.84. The average molecular weight is 497 g/mol. The Balaban J connectivity index is 1.97. The van der Waals surface area contributed by atoms with E-state index in [1.807, 2.05) is 0 Å². The number of Topliss-reactive ketones (excluding diaryl/α,β-unsaturated/α-hetero) is 1. The van der Waals surface area contributed by atoms with Crippen molar-refractivity contribution in [2.24, 2.45) is 0 Å². The predicted octanol–water partition coefficient (Wildman–Crippen LogP) is 6.22. The van der Waals surface area contributed by atoms with Gasteiger partial charge in [-0.15, -0.1) is 0 Å². The molecule has 0 spiro atoms. The first kappa shape index (κ1) is 25.9. The highest BCUT2D eigenvalue weighted by Gasteiger charge is 2.31. The standard InChI is InChI=1S/C24H20F5NO5/c1-4-19(32)33-11-18(35-17-10-9-16(25)20(12(2)31)21(17)26)23-30-22(13(3)34-23)14-5-7-15(8-6-14)24(27,28)29/h5-10,18H,4,11H2,1-3H3. The van der Waals surface area contributed by atoms with Crippen molar-refractivity contribution in [3.8, 4) is 17.0 Å². The van der Waals surface area contributed by atoms with Gasteiger partial charge in [-0.2, -0.15) is 13.2 Å². The van der Waals surface area contributed by atoms with Crippen molar-refractivity contribution >= 4 is 11.8 Å². The number of alkyl halides is 3. The number of halogens is 5. The van der Waals surface area contributed by atoms with Crippen molar-refractivity contribution in [1.82, 2.24) is 4.98 Å². The van der Waals surface area contributed by atoms with Gasteiger partial charge in [0.05, 0.1) is 11.1 Å². The smallest absolute Gasteiger partial charge is 0.416 e. The van der Waals surface area contributed by atoms with Crippen LogP contribution in [0, 0.1) is 18.6 Å². The molecule has 0 N–H and O–H groups in total. The molecule has 0 aliphatic heterocycles. The molecule has 0 saturated heterocycles. The normalized spacial score (nSPS) is 12.3. The van der Waals surface area contributed by atoms with Crippen LogP contribution in [0.25, 0.3) is 11.3 Å². The number of aryl methyl sites for hydroxylation is 1. The molecule has 11 heteroatoms. The highest BCUT2D eigenvalue weighted by atomic mass is 19.4. The number of benzene rings is 2. The minimum absolute atomic E-state index is 0.0352. The summed E-state index contributed by atoms with van der Waals surface area (Å²) in [5, 5.41) is 0. The van der Waals surface area contributed by atoms with E-state index in [9.17, 15) is 31.5 Å². The summed E-state index contributed by atoms with van der Waals surface area (Å²) in [6.07, 6.45) is -5.79. The molecule has 0 radical (unpaired) electrons. The lowest BCUT2D eigenvalue weighted by molar-refractivity contribution is -0.146. The molecule has 0 saturated carbocycles. The molecule has 1 heterocycles. The van der Waals surface area contributed by atoms with Gasteiger partial charge in [0, 0.05) is 12.0 Å². The van der Waals surface area contributed by atoms with Gasteiger partial charge in [-0.1, -0.05) is 19.1 Å². The highest BCUT2D eigenvalue weighted by Crippen LogP contribution is 2.34. The first-order chi connectivity index (χ1) is 16.4. The number of hydrogen-bond acceptors (Lipinski definition) is 6. The van der Waals surface area contributed by atoms with E-state index in [0.717, 1.165) is 31.2 Å². The fourth-order valence-corrected chi connectivity index (χ4v) is 3.17. The van der Waals surface area contributed by atoms with Crippen LogP contribution in [0.15, 0.2) is 40.8 Å². The van der Waals surface area contributed by atoms with Crippen molar-refractivity contribution in [1.29, 1.82) is 0 Å². The van der Waals surface area contributed by atoms with E-state index in [1.165, 1.54) is 19.1 Å². The molecule has 186 valence electrons. The van der Waals surface area contributed by atoms with Crippen LogP contribution >= 0.6 is 0 Å². The average Bonchev–Trinajstić information content (AvgIpc) is 3.18. The molecular weight excluding hydrogens is 477 g/mol. The zero-order valence-electron chi connectivity index (χ0n) is 18.8. The number of esters is 1. The first-order valence-corrected chi connectivity index (χ1v) is 10.4. The van der Waals surface area contributed by atoms with Crippen LogP contribution in [0.3, 0.4) is 0 Å². The summed E-state index contributed by atoms with van der Waals surface area (Å²) in [7, 11) is 0. The van der Waals surface area contributed by atoms with Gasteiger partial charge in [-0.3, -0.25) is 9.59 Å². The number of rotatable bonds is 8. The summed E-state index contributed by atoms with van der Waals surface area (Å²) in [4.78, 5) is 27.6. The number of aromatic nitrogens is 1. The minimum atomic E-state index is -4.51. The van der Waals surface area contributed by atoms with Crippen LogP contribution in [0.5, 0.6) is 5.75 Å². The van der Waals surface area contributed by atoms with E-state index in [4.69, 9.17) is 13.9 Å². The van der Waals surface area contributed by atoms with Crippen LogP contribution in [-0.4, -0.2) is 23.3 Å². The molecule has 3 rings (SSSR count). The SMILES string of the molecule is CCC(=O)OCC(Oc1ccc(F)c(C(C)=O)c1F)c1nc(-c2ccc(C(F)(F)F)cc2)c(C)o1. The van der Waals surface area contributed by atoms with Gasteiger partial charge >= 0.3 is 12.1 Å². The zero-order valence-corrected chi connectivity index (χ0v) is 18.8. The zero-order chi connectivity index (χ0) is 25.9. The molecular formula is C24H20F5NO5. The van der Waals surface area contributed by atoms with Crippen LogP contribution in [0.4, 0.5) is 22.0 Å². The second-order valence-corrected chi connectivity index (χ2v) is 7.47.